The zero-order chi connectivity index (χ0) is 10.1. The van der Waals surface area contributed by atoms with E-state index in [0.717, 1.165) is 5.56 Å². The average Bonchev–Trinajstić information content (AvgIpc) is 2.50. The van der Waals surface area contributed by atoms with E-state index in [9.17, 15) is 0 Å². The fourth-order valence-electron chi connectivity index (χ4n) is 1.21. The number of hydrogen-bond acceptors (Lipinski definition) is 5. The number of rotatable bonds is 1. The first kappa shape index (κ1) is 8.55. The van der Waals surface area contributed by atoms with Gasteiger partial charge in [0.2, 0.25) is 0 Å². The minimum absolute atomic E-state index is 0.432. The minimum atomic E-state index is 0.432. The van der Waals surface area contributed by atoms with Crippen LogP contribution in [0.15, 0.2) is 22.7 Å². The van der Waals surface area contributed by atoms with Crippen LogP contribution in [0.1, 0.15) is 5.82 Å². The summed E-state index contributed by atoms with van der Waals surface area (Å²) in [5.41, 5.74) is 13.2. The highest BCUT2D eigenvalue weighted by molar-refractivity contribution is 5.66. The first-order chi connectivity index (χ1) is 6.65. The first-order valence-corrected chi connectivity index (χ1v) is 4.12. The fourth-order valence-corrected chi connectivity index (χ4v) is 1.21. The van der Waals surface area contributed by atoms with E-state index < -0.39 is 0 Å². The van der Waals surface area contributed by atoms with Gasteiger partial charge in [-0.1, -0.05) is 5.16 Å². The molecule has 1 heterocycles. The number of nitrogen functional groups attached to an aromatic ring is 2. The van der Waals surface area contributed by atoms with Crippen molar-refractivity contribution < 1.29 is 4.52 Å². The second-order valence-corrected chi connectivity index (χ2v) is 3.04. The van der Waals surface area contributed by atoms with Crippen molar-refractivity contribution >= 4 is 11.4 Å². The van der Waals surface area contributed by atoms with Crippen molar-refractivity contribution in [2.24, 2.45) is 0 Å². The van der Waals surface area contributed by atoms with Gasteiger partial charge in [0.1, 0.15) is 0 Å². The summed E-state index contributed by atoms with van der Waals surface area (Å²) in [6.07, 6.45) is 0. The van der Waals surface area contributed by atoms with Crippen LogP contribution in [0.4, 0.5) is 11.4 Å². The standard InChI is InChI=1S/C9H10N4O/c1-5-12-9(14-13-5)6-2-7(10)4-8(11)3-6/h2-4H,10-11H2,1H3. The lowest BCUT2D eigenvalue weighted by Gasteiger charge is -1.99. The van der Waals surface area contributed by atoms with Crippen molar-refractivity contribution in [3.8, 4) is 11.5 Å². The van der Waals surface area contributed by atoms with Crippen LogP contribution in [-0.4, -0.2) is 10.1 Å². The molecule has 0 fully saturated rings. The molecule has 5 heteroatoms. The van der Waals surface area contributed by atoms with Crippen molar-refractivity contribution in [2.75, 3.05) is 11.5 Å². The normalized spacial score (nSPS) is 10.4. The van der Waals surface area contributed by atoms with Gasteiger partial charge >= 0.3 is 0 Å². The molecule has 4 N–H and O–H groups in total. The summed E-state index contributed by atoms with van der Waals surface area (Å²) in [6.45, 7) is 1.75. The number of nitrogens with zero attached hydrogens (tertiary/aromatic N) is 2. The van der Waals surface area contributed by atoms with Crippen LogP contribution in [0, 0.1) is 6.92 Å². The van der Waals surface area contributed by atoms with Crippen molar-refractivity contribution in [2.45, 2.75) is 6.92 Å². The molecular weight excluding hydrogens is 180 g/mol. The smallest absolute Gasteiger partial charge is 0.258 e. The van der Waals surface area contributed by atoms with Crippen molar-refractivity contribution in [3.63, 3.8) is 0 Å². The van der Waals surface area contributed by atoms with Crippen LogP contribution >= 0.6 is 0 Å². The minimum Gasteiger partial charge on any atom is -0.399 e. The molecule has 0 bridgehead atoms. The molecular formula is C9H10N4O. The Bertz CT molecular complexity index is 443. The Morgan fingerprint density at radius 2 is 1.79 bits per heavy atom. The Morgan fingerprint density at radius 3 is 2.29 bits per heavy atom. The lowest BCUT2D eigenvalue weighted by Crippen LogP contribution is -1.91. The van der Waals surface area contributed by atoms with Crippen LogP contribution in [0.3, 0.4) is 0 Å². The Balaban J connectivity index is 2.51. The quantitative estimate of drug-likeness (QED) is 0.659. The van der Waals surface area contributed by atoms with Crippen molar-refractivity contribution in [1.82, 2.24) is 10.1 Å². The van der Waals surface area contributed by atoms with Gasteiger partial charge in [-0.3, -0.25) is 0 Å². The van der Waals surface area contributed by atoms with E-state index in [4.69, 9.17) is 16.0 Å². The summed E-state index contributed by atoms with van der Waals surface area (Å²) in [7, 11) is 0. The number of aromatic nitrogens is 2. The summed E-state index contributed by atoms with van der Waals surface area (Å²) < 4.78 is 4.99. The topological polar surface area (TPSA) is 91.0 Å². The van der Waals surface area contributed by atoms with Gasteiger partial charge in [0.05, 0.1) is 0 Å². The van der Waals surface area contributed by atoms with E-state index in [0.29, 0.717) is 23.1 Å². The van der Waals surface area contributed by atoms with Gasteiger partial charge < -0.3 is 16.0 Å². The van der Waals surface area contributed by atoms with Gasteiger partial charge in [-0.05, 0) is 25.1 Å². The van der Waals surface area contributed by atoms with E-state index in [2.05, 4.69) is 10.1 Å². The van der Waals surface area contributed by atoms with Crippen molar-refractivity contribution in [3.05, 3.63) is 24.0 Å². The van der Waals surface area contributed by atoms with Gasteiger partial charge in [-0.2, -0.15) is 4.98 Å². The Hall–Kier alpha value is -2.04. The predicted octanol–water partition coefficient (Wildman–Crippen LogP) is 1.21. The monoisotopic (exact) mass is 190 g/mol. The molecule has 1 aromatic heterocycles. The number of hydrogen-bond donors (Lipinski definition) is 2. The first-order valence-electron chi connectivity index (χ1n) is 4.12. The Morgan fingerprint density at radius 1 is 1.14 bits per heavy atom. The number of aryl methyl sites for hydroxylation is 1. The molecule has 72 valence electrons. The van der Waals surface area contributed by atoms with Crippen LogP contribution in [-0.2, 0) is 0 Å². The number of anilines is 2. The largest absolute Gasteiger partial charge is 0.399 e. The third-order valence-electron chi connectivity index (χ3n) is 1.75. The number of benzene rings is 1. The van der Waals surface area contributed by atoms with E-state index in [1.807, 2.05) is 0 Å². The molecule has 0 unspecified atom stereocenters. The molecule has 0 spiro atoms. The third-order valence-corrected chi connectivity index (χ3v) is 1.75. The van der Waals surface area contributed by atoms with E-state index in [1.54, 1.807) is 25.1 Å². The maximum Gasteiger partial charge on any atom is 0.258 e. The summed E-state index contributed by atoms with van der Waals surface area (Å²) in [5, 5.41) is 3.68. The van der Waals surface area contributed by atoms with Crippen LogP contribution in [0.5, 0.6) is 0 Å². The van der Waals surface area contributed by atoms with Crippen LogP contribution in [0.25, 0.3) is 11.5 Å². The zero-order valence-corrected chi connectivity index (χ0v) is 7.69. The molecule has 0 aliphatic carbocycles. The van der Waals surface area contributed by atoms with Crippen molar-refractivity contribution in [1.29, 1.82) is 0 Å². The van der Waals surface area contributed by atoms with Gasteiger partial charge in [0, 0.05) is 16.9 Å². The maximum atomic E-state index is 5.63. The highest BCUT2D eigenvalue weighted by Gasteiger charge is 2.07. The van der Waals surface area contributed by atoms with Crippen LogP contribution < -0.4 is 11.5 Å². The highest BCUT2D eigenvalue weighted by atomic mass is 16.5. The Labute approximate surface area is 80.7 Å². The average molecular weight is 190 g/mol. The molecule has 0 atom stereocenters. The van der Waals surface area contributed by atoms with Gasteiger partial charge in [-0.15, -0.1) is 0 Å². The molecule has 0 aliphatic rings. The lowest BCUT2D eigenvalue weighted by molar-refractivity contribution is 0.425. The summed E-state index contributed by atoms with van der Waals surface area (Å²) in [5.74, 6) is 1.02. The second kappa shape index (κ2) is 3.02. The molecule has 0 amide bonds. The van der Waals surface area contributed by atoms with Crippen LogP contribution in [0.2, 0.25) is 0 Å². The molecule has 1 aromatic carbocycles. The summed E-state index contributed by atoms with van der Waals surface area (Å²) in [4.78, 5) is 4.07. The lowest BCUT2D eigenvalue weighted by atomic mass is 10.2. The van der Waals surface area contributed by atoms with E-state index in [1.165, 1.54) is 0 Å². The molecule has 0 saturated heterocycles. The van der Waals surface area contributed by atoms with E-state index >= 15 is 0 Å². The summed E-state index contributed by atoms with van der Waals surface area (Å²) in [6, 6.07) is 5.15. The highest BCUT2D eigenvalue weighted by Crippen LogP contribution is 2.22. The second-order valence-electron chi connectivity index (χ2n) is 3.04. The SMILES string of the molecule is Cc1noc(-c2cc(N)cc(N)c2)n1. The third kappa shape index (κ3) is 1.52. The predicted molar refractivity (Wildman–Crippen MR) is 53.3 cm³/mol. The number of nitrogens with two attached hydrogens (primary N) is 2. The molecule has 2 aromatic rings. The summed E-state index contributed by atoms with van der Waals surface area (Å²) >= 11 is 0. The van der Waals surface area contributed by atoms with E-state index in [-0.39, 0.29) is 0 Å². The van der Waals surface area contributed by atoms with Gasteiger partial charge in [0.25, 0.3) is 5.89 Å². The fraction of sp³-hybridized carbons (Fsp3) is 0.111. The Kier molecular flexibility index (Phi) is 1.85. The maximum absolute atomic E-state index is 5.63. The van der Waals surface area contributed by atoms with Gasteiger partial charge in [-0.25, -0.2) is 0 Å². The molecule has 2 rings (SSSR count). The molecule has 0 saturated carbocycles. The van der Waals surface area contributed by atoms with Gasteiger partial charge in [0.15, 0.2) is 5.82 Å². The molecule has 14 heavy (non-hydrogen) atoms. The molecule has 0 aliphatic heterocycles. The zero-order valence-electron chi connectivity index (χ0n) is 7.69. The molecule has 5 nitrogen and oxygen atoms in total. The molecule has 0 radical (unpaired) electrons.